The first-order chi connectivity index (χ1) is 23.0. The maximum atomic E-state index is 14.3. The number of ether oxygens (including phenoxy) is 1. The van der Waals surface area contributed by atoms with Gasteiger partial charge >= 0.3 is 6.09 Å². The molecule has 12 heteroatoms. The maximum absolute atomic E-state index is 14.3. The van der Waals surface area contributed by atoms with E-state index >= 15 is 0 Å². The van der Waals surface area contributed by atoms with Gasteiger partial charge in [-0.1, -0.05) is 76.3 Å². The van der Waals surface area contributed by atoms with Crippen molar-refractivity contribution in [1.82, 2.24) is 30.2 Å². The number of aromatic nitrogens is 2. The number of hydrazine groups is 1. The molecule has 1 saturated heterocycles. The summed E-state index contributed by atoms with van der Waals surface area (Å²) in [5, 5.41) is 17.0. The van der Waals surface area contributed by atoms with Crippen LogP contribution in [0.25, 0.3) is 0 Å². The van der Waals surface area contributed by atoms with Crippen molar-refractivity contribution in [3.63, 3.8) is 0 Å². The molecule has 1 aliphatic heterocycles. The monoisotopic (exact) mass is 666 g/mol. The molecule has 2 aromatic rings. The summed E-state index contributed by atoms with van der Waals surface area (Å²) in [4.78, 5) is 62.5. The van der Waals surface area contributed by atoms with E-state index in [0.717, 1.165) is 37.7 Å². The van der Waals surface area contributed by atoms with Crippen LogP contribution in [0.1, 0.15) is 89.8 Å². The average molecular weight is 667 g/mol. The number of benzene rings is 1. The predicted octanol–water partition coefficient (Wildman–Crippen LogP) is 4.25. The number of aliphatic hydroxyl groups excluding tert-OH is 1. The second-order valence-electron chi connectivity index (χ2n) is 13.8. The standard InChI is InChI=1S/C36H54N6O6/c1-25(2)16-17-32(44)30(20-27-12-7-5-8-13-27)39-34(45)31(22-29-23-37-24-38-29)40(4)35(46)33(21-28-14-9-6-10-15-28)48-36(47)42-19-11-18-41(42)26(3)43/h6,9-10,14-15,23-25,27,30-33,44H,5,7-8,11-13,16-22H2,1-4H3,(H,37,38)(H,39,45)/t30-,31-,32-,33-/m0/s1. The summed E-state index contributed by atoms with van der Waals surface area (Å²) >= 11 is 0. The molecule has 2 heterocycles. The van der Waals surface area contributed by atoms with Crippen LogP contribution in [0.2, 0.25) is 0 Å². The lowest BCUT2D eigenvalue weighted by molar-refractivity contribution is -0.148. The van der Waals surface area contributed by atoms with E-state index in [9.17, 15) is 24.3 Å². The number of rotatable bonds is 15. The number of amides is 4. The molecule has 4 rings (SSSR count). The minimum atomic E-state index is -1.26. The molecule has 4 atom stereocenters. The number of hydrogen-bond acceptors (Lipinski definition) is 7. The Labute approximate surface area is 284 Å². The van der Waals surface area contributed by atoms with Gasteiger partial charge in [0, 0.05) is 51.8 Å². The Balaban J connectivity index is 1.58. The third-order valence-corrected chi connectivity index (χ3v) is 9.62. The molecule has 1 saturated carbocycles. The van der Waals surface area contributed by atoms with Gasteiger partial charge in [-0.25, -0.2) is 19.8 Å². The predicted molar refractivity (Wildman–Crippen MR) is 181 cm³/mol. The van der Waals surface area contributed by atoms with Crippen molar-refractivity contribution < 1.29 is 29.0 Å². The molecule has 4 amide bonds. The molecule has 0 radical (unpaired) electrons. The summed E-state index contributed by atoms with van der Waals surface area (Å²) in [6.45, 7) is 6.29. The topological polar surface area (TPSA) is 148 Å². The molecule has 1 aliphatic carbocycles. The van der Waals surface area contributed by atoms with Crippen molar-refractivity contribution in [2.24, 2.45) is 11.8 Å². The lowest BCUT2D eigenvalue weighted by Gasteiger charge is -2.35. The van der Waals surface area contributed by atoms with E-state index in [1.54, 1.807) is 6.20 Å². The van der Waals surface area contributed by atoms with E-state index < -0.39 is 42.2 Å². The molecule has 48 heavy (non-hydrogen) atoms. The fraction of sp³-hybridized carbons (Fsp3) is 0.639. The van der Waals surface area contributed by atoms with Crippen LogP contribution in [-0.4, -0.2) is 98.2 Å². The minimum Gasteiger partial charge on any atom is -0.434 e. The average Bonchev–Trinajstić information content (AvgIpc) is 3.79. The van der Waals surface area contributed by atoms with Gasteiger partial charge in [0.05, 0.1) is 18.5 Å². The Morgan fingerprint density at radius 2 is 1.73 bits per heavy atom. The number of likely N-dealkylation sites (N-methyl/N-ethyl adjacent to an activating group) is 1. The zero-order valence-electron chi connectivity index (χ0n) is 29.0. The highest BCUT2D eigenvalue weighted by atomic mass is 16.6. The molecule has 2 aliphatic rings. The van der Waals surface area contributed by atoms with Crippen LogP contribution in [0.4, 0.5) is 4.79 Å². The van der Waals surface area contributed by atoms with Crippen LogP contribution in [0, 0.1) is 11.8 Å². The first-order valence-corrected chi connectivity index (χ1v) is 17.6. The first-order valence-electron chi connectivity index (χ1n) is 17.6. The van der Waals surface area contributed by atoms with Crippen LogP contribution in [0.5, 0.6) is 0 Å². The van der Waals surface area contributed by atoms with Crippen LogP contribution < -0.4 is 5.32 Å². The largest absolute Gasteiger partial charge is 0.434 e. The summed E-state index contributed by atoms with van der Waals surface area (Å²) in [6, 6.07) is 7.78. The van der Waals surface area contributed by atoms with Crippen molar-refractivity contribution in [2.75, 3.05) is 20.1 Å². The smallest absolute Gasteiger partial charge is 0.429 e. The summed E-state index contributed by atoms with van der Waals surface area (Å²) < 4.78 is 5.85. The zero-order valence-corrected chi connectivity index (χ0v) is 29.0. The van der Waals surface area contributed by atoms with E-state index in [1.165, 1.54) is 41.6 Å². The lowest BCUT2D eigenvalue weighted by Crippen LogP contribution is -2.56. The first kappa shape index (κ1) is 36.9. The summed E-state index contributed by atoms with van der Waals surface area (Å²) in [5.41, 5.74) is 1.43. The number of nitrogens with one attached hydrogen (secondary N) is 2. The van der Waals surface area contributed by atoms with Crippen molar-refractivity contribution in [3.05, 3.63) is 54.1 Å². The Morgan fingerprint density at radius 1 is 1.02 bits per heavy atom. The normalized spacial score (nSPS) is 17.9. The van der Waals surface area contributed by atoms with Gasteiger partial charge in [0.1, 0.15) is 6.04 Å². The Morgan fingerprint density at radius 3 is 2.38 bits per heavy atom. The molecular formula is C36H54N6O6. The molecular weight excluding hydrogens is 612 g/mol. The Bertz CT molecular complexity index is 1320. The SMILES string of the molecule is CC(=O)N1CCCN1C(=O)O[C@@H](Cc1ccccc1)C(=O)N(C)[C@@H](Cc1cnc[nH]1)C(=O)N[C@@H](CC1CCCCC1)[C@@H](O)CCC(C)C. The zero-order chi connectivity index (χ0) is 34.6. The van der Waals surface area contributed by atoms with E-state index in [0.29, 0.717) is 49.9 Å². The number of carbonyl (C=O) groups excluding carboxylic acids is 4. The quantitative estimate of drug-likeness (QED) is 0.258. The number of imidazole rings is 1. The lowest BCUT2D eigenvalue weighted by atomic mass is 9.83. The number of aromatic amines is 1. The third kappa shape index (κ3) is 10.5. The van der Waals surface area contributed by atoms with Gasteiger partial charge in [0.25, 0.3) is 5.91 Å². The highest BCUT2D eigenvalue weighted by Crippen LogP contribution is 2.29. The van der Waals surface area contributed by atoms with Crippen LogP contribution in [0.3, 0.4) is 0 Å². The molecule has 1 aromatic heterocycles. The van der Waals surface area contributed by atoms with E-state index in [-0.39, 0.29) is 18.7 Å². The highest BCUT2D eigenvalue weighted by Gasteiger charge is 2.38. The molecule has 2 fully saturated rings. The Kier molecular flexibility index (Phi) is 13.8. The second-order valence-corrected chi connectivity index (χ2v) is 13.8. The van der Waals surface area contributed by atoms with Crippen molar-refractivity contribution in [1.29, 1.82) is 0 Å². The number of aliphatic hydroxyl groups is 1. The summed E-state index contributed by atoms with van der Waals surface area (Å²) in [6.07, 6.45) is 8.92. The van der Waals surface area contributed by atoms with Gasteiger partial charge < -0.3 is 25.0 Å². The van der Waals surface area contributed by atoms with Crippen LogP contribution >= 0.6 is 0 Å². The summed E-state index contributed by atoms with van der Waals surface area (Å²) in [7, 11) is 1.54. The van der Waals surface area contributed by atoms with Gasteiger partial charge in [0.15, 0.2) is 6.10 Å². The third-order valence-electron chi connectivity index (χ3n) is 9.62. The van der Waals surface area contributed by atoms with E-state index in [1.807, 2.05) is 30.3 Å². The van der Waals surface area contributed by atoms with Crippen LogP contribution in [0.15, 0.2) is 42.9 Å². The fourth-order valence-electron chi connectivity index (χ4n) is 6.79. The molecule has 264 valence electrons. The van der Waals surface area contributed by atoms with Gasteiger partial charge in [-0.05, 0) is 43.1 Å². The molecule has 12 nitrogen and oxygen atoms in total. The van der Waals surface area contributed by atoms with E-state index in [4.69, 9.17) is 4.74 Å². The summed E-state index contributed by atoms with van der Waals surface area (Å²) in [5.74, 6) is -0.406. The van der Waals surface area contributed by atoms with Gasteiger partial charge in [-0.3, -0.25) is 14.4 Å². The van der Waals surface area contributed by atoms with Gasteiger partial charge in [-0.15, -0.1) is 0 Å². The number of carbonyl (C=O) groups is 4. The molecule has 1 aromatic carbocycles. The van der Waals surface area contributed by atoms with E-state index in [2.05, 4.69) is 29.1 Å². The number of nitrogens with zero attached hydrogens (tertiary/aromatic N) is 4. The minimum absolute atomic E-state index is 0.0836. The van der Waals surface area contributed by atoms with Crippen LogP contribution in [-0.2, 0) is 32.0 Å². The second kappa shape index (κ2) is 18.0. The molecule has 0 bridgehead atoms. The fourth-order valence-corrected chi connectivity index (χ4v) is 6.79. The van der Waals surface area contributed by atoms with Crippen molar-refractivity contribution >= 4 is 23.8 Å². The van der Waals surface area contributed by atoms with Gasteiger partial charge in [-0.2, -0.15) is 0 Å². The van der Waals surface area contributed by atoms with Crippen molar-refractivity contribution in [2.45, 2.75) is 116 Å². The number of hydrogen-bond donors (Lipinski definition) is 3. The molecule has 0 spiro atoms. The maximum Gasteiger partial charge on any atom is 0.429 e. The molecule has 3 N–H and O–H groups in total. The van der Waals surface area contributed by atoms with Crippen molar-refractivity contribution in [3.8, 4) is 0 Å². The highest BCUT2D eigenvalue weighted by molar-refractivity contribution is 5.91. The van der Waals surface area contributed by atoms with Gasteiger partial charge in [0.2, 0.25) is 11.8 Å². The molecule has 0 unspecified atom stereocenters. The Hall–Kier alpha value is -3.93. The number of H-pyrrole nitrogens is 1.